The zero-order chi connectivity index (χ0) is 21.3. The lowest BCUT2D eigenvalue weighted by atomic mass is 10.2. The van der Waals surface area contributed by atoms with Gasteiger partial charge < -0.3 is 15.0 Å². The predicted molar refractivity (Wildman–Crippen MR) is 107 cm³/mol. The van der Waals surface area contributed by atoms with E-state index in [1.54, 1.807) is 17.1 Å². The SMILES string of the molecule is CC(=O)NCC1CN(c2ccc(N3CCN(N4C=NC(=O)C4)CC3)c(F)c2)C(=O)O1. The number of benzene rings is 1. The molecule has 160 valence electrons. The average Bonchev–Trinajstić information content (AvgIpc) is 3.32. The van der Waals surface area contributed by atoms with Crippen molar-refractivity contribution in [3.05, 3.63) is 24.0 Å². The molecule has 4 rings (SSSR count). The van der Waals surface area contributed by atoms with E-state index in [4.69, 9.17) is 4.74 Å². The van der Waals surface area contributed by atoms with Gasteiger partial charge in [0.1, 0.15) is 24.8 Å². The van der Waals surface area contributed by atoms with E-state index >= 15 is 0 Å². The molecule has 1 aromatic rings. The van der Waals surface area contributed by atoms with Gasteiger partial charge in [-0.15, -0.1) is 0 Å². The molecule has 0 saturated carbocycles. The third-order valence-corrected chi connectivity index (χ3v) is 5.29. The van der Waals surface area contributed by atoms with Gasteiger partial charge in [0.05, 0.1) is 24.5 Å². The van der Waals surface area contributed by atoms with Crippen molar-refractivity contribution in [1.82, 2.24) is 15.3 Å². The molecule has 2 saturated heterocycles. The first kappa shape index (κ1) is 20.1. The number of amides is 3. The van der Waals surface area contributed by atoms with Crippen LogP contribution >= 0.6 is 0 Å². The van der Waals surface area contributed by atoms with Gasteiger partial charge in [0.15, 0.2) is 0 Å². The molecule has 2 fully saturated rings. The Kier molecular flexibility index (Phi) is 5.53. The fraction of sp³-hybridized carbons (Fsp3) is 0.474. The molecule has 1 N–H and O–H groups in total. The highest BCUT2D eigenvalue weighted by molar-refractivity contribution is 5.92. The molecule has 30 heavy (non-hydrogen) atoms. The summed E-state index contributed by atoms with van der Waals surface area (Å²) in [6.45, 7) is 4.58. The third kappa shape index (κ3) is 4.20. The van der Waals surface area contributed by atoms with Crippen molar-refractivity contribution in [3.63, 3.8) is 0 Å². The molecule has 1 unspecified atom stereocenters. The predicted octanol–water partition coefficient (Wildman–Crippen LogP) is 0.195. The first-order valence-electron chi connectivity index (χ1n) is 9.76. The van der Waals surface area contributed by atoms with Gasteiger partial charge in [-0.25, -0.2) is 19.2 Å². The first-order valence-corrected chi connectivity index (χ1v) is 9.76. The van der Waals surface area contributed by atoms with Crippen LogP contribution in [0, 0.1) is 5.82 Å². The Morgan fingerprint density at radius 3 is 2.67 bits per heavy atom. The maximum atomic E-state index is 14.8. The maximum absolute atomic E-state index is 14.8. The van der Waals surface area contributed by atoms with Crippen LogP contribution in [0.4, 0.5) is 20.6 Å². The van der Waals surface area contributed by atoms with Crippen LogP contribution in [0.1, 0.15) is 6.92 Å². The van der Waals surface area contributed by atoms with E-state index in [-0.39, 0.29) is 31.4 Å². The van der Waals surface area contributed by atoms with Crippen LogP contribution in [-0.2, 0) is 14.3 Å². The average molecular weight is 418 g/mol. The van der Waals surface area contributed by atoms with Gasteiger partial charge in [0.25, 0.3) is 5.91 Å². The molecule has 0 radical (unpaired) electrons. The molecule has 3 aliphatic rings. The Labute approximate surface area is 172 Å². The number of carbonyl (C=O) groups is 3. The molecular weight excluding hydrogens is 395 g/mol. The number of hydrogen-bond acceptors (Lipinski definition) is 7. The van der Waals surface area contributed by atoms with Gasteiger partial charge in [-0.2, -0.15) is 0 Å². The largest absolute Gasteiger partial charge is 0.442 e. The Morgan fingerprint density at radius 1 is 1.27 bits per heavy atom. The van der Waals surface area contributed by atoms with Crippen LogP contribution in [0.15, 0.2) is 23.2 Å². The van der Waals surface area contributed by atoms with Crippen LogP contribution in [0.25, 0.3) is 0 Å². The molecule has 1 aromatic carbocycles. The molecule has 0 aromatic heterocycles. The Hall–Kier alpha value is -3.21. The second-order valence-corrected chi connectivity index (χ2v) is 7.37. The molecule has 0 spiro atoms. The minimum absolute atomic E-state index is 0.168. The van der Waals surface area contributed by atoms with Gasteiger partial charge in [0, 0.05) is 33.1 Å². The number of carbonyl (C=O) groups excluding carboxylic acids is 3. The third-order valence-electron chi connectivity index (χ3n) is 5.29. The molecule has 11 heteroatoms. The van der Waals surface area contributed by atoms with E-state index in [0.717, 1.165) is 0 Å². The molecule has 0 bridgehead atoms. The lowest BCUT2D eigenvalue weighted by Crippen LogP contribution is -2.53. The Morgan fingerprint density at radius 2 is 2.03 bits per heavy atom. The number of rotatable bonds is 5. The lowest BCUT2D eigenvalue weighted by molar-refractivity contribution is -0.120. The zero-order valence-electron chi connectivity index (χ0n) is 16.6. The molecule has 3 aliphatic heterocycles. The van der Waals surface area contributed by atoms with Crippen molar-refractivity contribution in [1.29, 1.82) is 0 Å². The molecule has 1 atom stereocenters. The second kappa shape index (κ2) is 8.27. The number of piperazine rings is 1. The minimum Gasteiger partial charge on any atom is -0.442 e. The zero-order valence-corrected chi connectivity index (χ0v) is 16.6. The summed E-state index contributed by atoms with van der Waals surface area (Å²) in [4.78, 5) is 41.5. The van der Waals surface area contributed by atoms with Crippen LogP contribution in [0.3, 0.4) is 0 Å². The van der Waals surface area contributed by atoms with Crippen molar-refractivity contribution in [2.45, 2.75) is 13.0 Å². The summed E-state index contributed by atoms with van der Waals surface area (Å²) in [5.74, 6) is -0.792. The van der Waals surface area contributed by atoms with Crippen molar-refractivity contribution in [2.24, 2.45) is 4.99 Å². The highest BCUT2D eigenvalue weighted by Crippen LogP contribution is 2.28. The van der Waals surface area contributed by atoms with Crippen molar-refractivity contribution < 1.29 is 23.5 Å². The maximum Gasteiger partial charge on any atom is 0.414 e. The highest BCUT2D eigenvalue weighted by atomic mass is 19.1. The van der Waals surface area contributed by atoms with Gasteiger partial charge in [-0.05, 0) is 18.2 Å². The molecular formula is C19H23FN6O4. The van der Waals surface area contributed by atoms with Crippen LogP contribution in [0.2, 0.25) is 0 Å². The molecule has 0 aliphatic carbocycles. The summed E-state index contributed by atoms with van der Waals surface area (Å²) in [5.41, 5.74) is 0.879. The molecule has 3 amide bonds. The summed E-state index contributed by atoms with van der Waals surface area (Å²) < 4.78 is 20.1. The van der Waals surface area contributed by atoms with Gasteiger partial charge >= 0.3 is 6.09 Å². The van der Waals surface area contributed by atoms with Crippen molar-refractivity contribution in [2.75, 3.05) is 55.6 Å². The van der Waals surface area contributed by atoms with E-state index in [1.165, 1.54) is 24.2 Å². The highest BCUT2D eigenvalue weighted by Gasteiger charge is 2.33. The number of hydrazine groups is 1. The number of ether oxygens (including phenoxy) is 1. The smallest absolute Gasteiger partial charge is 0.414 e. The van der Waals surface area contributed by atoms with Crippen LogP contribution in [-0.4, -0.2) is 86.2 Å². The van der Waals surface area contributed by atoms with E-state index in [2.05, 4.69) is 10.3 Å². The summed E-state index contributed by atoms with van der Waals surface area (Å²) in [6.07, 6.45) is 0.494. The first-order chi connectivity index (χ1) is 14.4. The fourth-order valence-electron chi connectivity index (χ4n) is 3.73. The van der Waals surface area contributed by atoms with Crippen LogP contribution in [0.5, 0.6) is 0 Å². The number of cyclic esters (lactones) is 1. The van der Waals surface area contributed by atoms with Gasteiger partial charge in [-0.1, -0.05) is 0 Å². The summed E-state index contributed by atoms with van der Waals surface area (Å²) in [7, 11) is 0. The fourth-order valence-corrected chi connectivity index (χ4v) is 3.73. The van der Waals surface area contributed by atoms with E-state index in [0.29, 0.717) is 37.6 Å². The summed E-state index contributed by atoms with van der Waals surface area (Å²) in [5, 5.41) is 6.42. The number of anilines is 2. The Balaban J connectivity index is 1.37. The second-order valence-electron chi connectivity index (χ2n) is 7.37. The van der Waals surface area contributed by atoms with Crippen LogP contribution < -0.4 is 15.1 Å². The molecule has 3 heterocycles. The monoisotopic (exact) mass is 418 g/mol. The lowest BCUT2D eigenvalue weighted by Gasteiger charge is -2.39. The quantitative estimate of drug-likeness (QED) is 0.729. The standard InChI is InChI=1S/C19H23FN6O4/c1-13(27)21-9-15-10-26(19(29)30-15)14-2-3-17(16(20)8-14)23-4-6-24(7-5-23)25-11-18(28)22-12-25/h2-3,8,12,15H,4-7,9-11H2,1H3,(H,21,27). The minimum atomic E-state index is -0.562. The summed E-state index contributed by atoms with van der Waals surface area (Å²) in [6, 6.07) is 4.68. The number of aliphatic imine (C=N–C) groups is 1. The number of halogens is 1. The number of nitrogens with one attached hydrogen (secondary N) is 1. The van der Waals surface area contributed by atoms with E-state index in [1.807, 2.05) is 9.91 Å². The van der Waals surface area contributed by atoms with E-state index < -0.39 is 18.0 Å². The summed E-state index contributed by atoms with van der Waals surface area (Å²) >= 11 is 0. The van der Waals surface area contributed by atoms with Crippen molar-refractivity contribution >= 4 is 35.6 Å². The van der Waals surface area contributed by atoms with Crippen molar-refractivity contribution in [3.8, 4) is 0 Å². The van der Waals surface area contributed by atoms with E-state index in [9.17, 15) is 18.8 Å². The Bertz CT molecular complexity index is 886. The van der Waals surface area contributed by atoms with Gasteiger partial charge in [0.2, 0.25) is 5.91 Å². The number of nitrogens with zero attached hydrogens (tertiary/aromatic N) is 5. The molecule has 10 nitrogen and oxygen atoms in total. The number of hydrogen-bond donors (Lipinski definition) is 1. The normalized spacial score (nSPS) is 22.1. The topological polar surface area (TPSA) is 97.8 Å². The van der Waals surface area contributed by atoms with Gasteiger partial charge in [-0.3, -0.25) is 19.5 Å².